The van der Waals surface area contributed by atoms with Crippen LogP contribution in [0, 0.1) is 128 Å². The van der Waals surface area contributed by atoms with Crippen molar-refractivity contribution < 1.29 is 47.7 Å². The van der Waals surface area contributed by atoms with Gasteiger partial charge in [0.2, 0.25) is 0 Å². The zero-order chi connectivity index (χ0) is 81.3. The summed E-state index contributed by atoms with van der Waals surface area (Å²) in [5.74, 6) is 13.6. The summed E-state index contributed by atoms with van der Waals surface area (Å²) in [6.07, 6.45) is 42.3. The lowest BCUT2D eigenvalue weighted by atomic mass is 9.49. The first-order chi connectivity index (χ1) is 50.2. The number of fused-ring (bicyclic) bond motifs is 7. The van der Waals surface area contributed by atoms with Crippen LogP contribution in [0.1, 0.15) is 507 Å². The van der Waals surface area contributed by atoms with Crippen LogP contribution in [0.25, 0.3) is 0 Å². The Balaban J connectivity index is -0.000000246. The first kappa shape index (κ1) is 127. The Morgan fingerprint density at radius 3 is 1.06 bits per heavy atom. The Morgan fingerprint density at radius 1 is 0.299 bits per heavy atom. The average molecular weight is 1660 g/mol. The van der Waals surface area contributed by atoms with Crippen molar-refractivity contribution in [3.8, 4) is 0 Å². The molecular weight excluding hydrogens is 1450 g/mol. The molecule has 0 aromatic carbocycles. The molecular formula is C107H218O10. The van der Waals surface area contributed by atoms with Crippen molar-refractivity contribution in [1.29, 1.82) is 0 Å². The van der Waals surface area contributed by atoms with Gasteiger partial charge in [-0.3, -0.25) is 24.0 Å². The van der Waals surface area contributed by atoms with E-state index in [-0.39, 0.29) is 159 Å². The van der Waals surface area contributed by atoms with Gasteiger partial charge in [0.05, 0.1) is 27.1 Å². The van der Waals surface area contributed by atoms with E-state index in [0.29, 0.717) is 29.6 Å². The highest BCUT2D eigenvalue weighted by atomic mass is 16.6. The molecule has 11 unspecified atom stereocenters. The molecule has 10 bridgehead atoms. The topological polar surface area (TPSA) is 132 Å². The van der Waals surface area contributed by atoms with E-state index in [1.54, 1.807) is 0 Å². The summed E-state index contributed by atoms with van der Waals surface area (Å²) in [7, 11) is 0. The second-order valence-electron chi connectivity index (χ2n) is 40.4. The van der Waals surface area contributed by atoms with Crippen LogP contribution in [-0.2, 0) is 47.7 Å². The lowest BCUT2D eigenvalue weighted by Crippen LogP contribution is -2.58. The molecule has 706 valence electrons. The van der Waals surface area contributed by atoms with Gasteiger partial charge < -0.3 is 23.7 Å². The second kappa shape index (κ2) is 54.3. The third-order valence-corrected chi connectivity index (χ3v) is 31.1. The van der Waals surface area contributed by atoms with Crippen LogP contribution in [-0.4, -0.2) is 57.9 Å². The molecule has 0 spiro atoms. The highest BCUT2D eigenvalue weighted by Gasteiger charge is 2.62. The van der Waals surface area contributed by atoms with Crippen molar-refractivity contribution in [3.05, 3.63) is 0 Å². The Hall–Kier alpha value is -2.65. The molecule has 0 aromatic heterocycles. The molecule has 15 saturated carbocycles. The lowest BCUT2D eigenvalue weighted by molar-refractivity contribution is -0.211. The largest absolute Gasteiger partial charge is 0.459 e. The molecule has 10 nitrogen and oxygen atoms in total. The maximum absolute atomic E-state index is 12.5. The molecule has 0 heterocycles. The zero-order valence-electron chi connectivity index (χ0n) is 76.4. The Morgan fingerprint density at radius 2 is 0.641 bits per heavy atom. The number of carbonyl (C=O) groups is 5. The van der Waals surface area contributed by atoms with E-state index in [4.69, 9.17) is 23.7 Å². The summed E-state index contributed by atoms with van der Waals surface area (Å²) in [6, 6.07) is 0. The number of ether oxygens (including phenoxy) is 5. The van der Waals surface area contributed by atoms with E-state index < -0.39 is 0 Å². The minimum atomic E-state index is -0.358. The fourth-order valence-electron chi connectivity index (χ4n) is 23.0. The van der Waals surface area contributed by atoms with Crippen LogP contribution >= 0.6 is 0 Å². The Labute approximate surface area is 736 Å². The van der Waals surface area contributed by atoms with Crippen LogP contribution in [0.2, 0.25) is 0 Å². The minimum absolute atomic E-state index is 0. The number of hydrogen-bond donors (Lipinski definition) is 0. The SMILES string of the molecule is C.C.C.C.C.C.C.C.C.C.CC.CC.CC.CC.CC.CCC(C)(C)C(=O)OC(C)(C)C1C2CC3CC(C2)CC1C3.CCC(C)(C)C(=O)OC1(C)C2CC3CC(C2)CC1C3.CCC(C)(C)C(=O)OC1(C)CC2CC1C1CCCC21.CCC(C)(C)C(=O)OC1(C)CCC2CCCCC2C1.CCC(C)(C)C(=O)OC1(C)CCCC2CCCCC21. The fraction of sp³-hybridized carbons (Fsp3) is 0.953. The van der Waals surface area contributed by atoms with Crippen LogP contribution in [0.3, 0.4) is 0 Å². The molecule has 0 radical (unpaired) electrons. The summed E-state index contributed by atoms with van der Waals surface area (Å²) < 4.78 is 30.3. The standard InChI is InChI=1S/C19H32O2.2C17H28O2.2C17H30O2.5C2H6.10CH4/c1-6-18(2,3)17(20)21-19(4,5)16-14-8-12-7-13(10-14)11-15(16)9-12;1-5-16(2,3)15(18)19-17(4)13-7-11-6-12(9-13)10-14(17)8-11;1-5-16(2,3)15(18)19-17(4)10-11-9-14(17)13-8-6-7-12(11)13;1-5-16(2,3)15(18)19-17(4)12-8-10-13-9-6-7-11-14(13)17;1-5-16(2,3)15(18)19-17(4)11-10-13-8-6-7-9-14(13)12-17;5*1-2;;;;;;;;;;/h12-16H,6-11H2,1-5H3;2*11-14H,5-10H2,1-4H3;2*13-14H,5-12H2,1-4H3;5*1-2H3;10*1H4. The maximum atomic E-state index is 12.5. The smallest absolute Gasteiger partial charge is 0.312 e. The summed E-state index contributed by atoms with van der Waals surface area (Å²) in [5.41, 5.74) is -2.75. The van der Waals surface area contributed by atoms with Crippen LogP contribution < -0.4 is 0 Å². The predicted octanol–water partition coefficient (Wildman–Crippen LogP) is 34.1. The minimum Gasteiger partial charge on any atom is -0.459 e. The monoisotopic (exact) mass is 1660 g/mol. The van der Waals surface area contributed by atoms with Crippen molar-refractivity contribution in [3.63, 3.8) is 0 Å². The van der Waals surface area contributed by atoms with Gasteiger partial charge in [-0.1, -0.05) is 229 Å². The van der Waals surface area contributed by atoms with E-state index in [2.05, 4.69) is 76.2 Å². The van der Waals surface area contributed by atoms with Gasteiger partial charge in [-0.25, -0.2) is 0 Å². The molecule has 0 N–H and O–H groups in total. The fourth-order valence-corrected chi connectivity index (χ4v) is 23.0. The van der Waals surface area contributed by atoms with E-state index in [1.165, 1.54) is 161 Å². The van der Waals surface area contributed by atoms with Gasteiger partial charge in [0.25, 0.3) is 0 Å². The third-order valence-electron chi connectivity index (χ3n) is 31.1. The Kier molecular flexibility index (Phi) is 59.1. The van der Waals surface area contributed by atoms with E-state index in [9.17, 15) is 24.0 Å². The van der Waals surface area contributed by atoms with Crippen LogP contribution in [0.5, 0.6) is 0 Å². The highest BCUT2D eigenvalue weighted by molar-refractivity contribution is 5.78. The molecule has 117 heavy (non-hydrogen) atoms. The van der Waals surface area contributed by atoms with Gasteiger partial charge in [-0.15, -0.1) is 0 Å². The first-order valence-corrected chi connectivity index (χ1v) is 46.4. The quantitative estimate of drug-likeness (QED) is 0.109. The lowest BCUT2D eigenvalue weighted by Gasteiger charge is -2.59. The summed E-state index contributed by atoms with van der Waals surface area (Å²) in [4.78, 5) is 62.1. The van der Waals surface area contributed by atoms with E-state index in [1.807, 2.05) is 138 Å². The molecule has 0 saturated heterocycles. The molecule has 0 amide bonds. The molecule has 0 aliphatic heterocycles. The molecule has 11 atom stereocenters. The summed E-state index contributed by atoms with van der Waals surface area (Å²) in [6.45, 7) is 63.5. The maximum Gasteiger partial charge on any atom is 0.312 e. The molecule has 15 aliphatic rings. The molecule has 10 heteroatoms. The zero-order valence-corrected chi connectivity index (χ0v) is 76.4. The Bertz CT molecular complexity index is 2640. The number of carbonyl (C=O) groups excluding carboxylic acids is 5. The number of esters is 5. The van der Waals surface area contributed by atoms with Crippen molar-refractivity contribution in [2.45, 2.75) is 535 Å². The van der Waals surface area contributed by atoms with Crippen LogP contribution in [0.4, 0.5) is 0 Å². The van der Waals surface area contributed by atoms with Gasteiger partial charge in [-0.2, -0.15) is 0 Å². The van der Waals surface area contributed by atoms with Gasteiger partial charge in [0, 0.05) is 17.8 Å². The summed E-state index contributed by atoms with van der Waals surface area (Å²) >= 11 is 0. The van der Waals surface area contributed by atoms with Crippen molar-refractivity contribution in [2.24, 2.45) is 128 Å². The molecule has 0 aromatic rings. The molecule has 15 fully saturated rings. The van der Waals surface area contributed by atoms with E-state index in [0.717, 1.165) is 129 Å². The van der Waals surface area contributed by atoms with Crippen LogP contribution in [0.15, 0.2) is 0 Å². The molecule has 15 rings (SSSR count). The van der Waals surface area contributed by atoms with Crippen molar-refractivity contribution in [2.75, 3.05) is 0 Å². The summed E-state index contributed by atoms with van der Waals surface area (Å²) in [5, 5.41) is 0. The highest BCUT2D eigenvalue weighted by Crippen LogP contribution is 2.65. The third kappa shape index (κ3) is 31.2. The van der Waals surface area contributed by atoms with Crippen molar-refractivity contribution in [1.82, 2.24) is 0 Å². The van der Waals surface area contributed by atoms with Gasteiger partial charge >= 0.3 is 29.8 Å². The molecule has 15 aliphatic carbocycles. The normalized spacial score (nSPS) is 33.2. The van der Waals surface area contributed by atoms with Gasteiger partial charge in [-0.05, 0) is 361 Å². The van der Waals surface area contributed by atoms with Gasteiger partial charge in [0.1, 0.15) is 28.0 Å². The van der Waals surface area contributed by atoms with Crippen molar-refractivity contribution >= 4 is 29.8 Å². The number of hydrogen-bond acceptors (Lipinski definition) is 10. The predicted molar refractivity (Wildman–Crippen MR) is 516 cm³/mol. The number of rotatable bonds is 16. The second-order valence-corrected chi connectivity index (χ2v) is 40.4. The van der Waals surface area contributed by atoms with E-state index >= 15 is 0 Å². The average Bonchev–Trinajstić information content (AvgIpc) is 1.70. The first-order valence-electron chi connectivity index (χ1n) is 46.4. The van der Waals surface area contributed by atoms with Gasteiger partial charge in [0.15, 0.2) is 0 Å².